The Hall–Kier alpha value is -3.84. The van der Waals surface area contributed by atoms with Gasteiger partial charge in [0.15, 0.2) is 0 Å². The quantitative estimate of drug-likeness (QED) is 0.478. The molecule has 5 rings (SSSR count). The highest BCUT2D eigenvalue weighted by molar-refractivity contribution is 5.96. The van der Waals surface area contributed by atoms with E-state index in [4.69, 9.17) is 0 Å². The molecule has 0 atom stereocenters. The van der Waals surface area contributed by atoms with E-state index in [0.717, 1.165) is 49.3 Å². The van der Waals surface area contributed by atoms with E-state index < -0.39 is 0 Å². The van der Waals surface area contributed by atoms with E-state index in [0.29, 0.717) is 5.56 Å². The summed E-state index contributed by atoms with van der Waals surface area (Å²) < 4.78 is 1.58. The molecule has 1 N–H and O–H groups in total. The van der Waals surface area contributed by atoms with Gasteiger partial charge in [0.1, 0.15) is 6.33 Å². The van der Waals surface area contributed by atoms with Gasteiger partial charge in [-0.15, -0.1) is 5.10 Å². The van der Waals surface area contributed by atoms with E-state index in [9.17, 15) is 4.79 Å². The molecule has 172 valence electrons. The molecule has 0 spiro atoms. The Kier molecular flexibility index (Phi) is 6.44. The van der Waals surface area contributed by atoms with Crippen LogP contribution in [-0.2, 0) is 6.54 Å². The summed E-state index contributed by atoms with van der Waals surface area (Å²) in [4.78, 5) is 15.7. The second-order valence-corrected chi connectivity index (χ2v) is 8.90. The van der Waals surface area contributed by atoms with E-state index in [1.54, 1.807) is 11.0 Å². The first-order valence-corrected chi connectivity index (χ1v) is 11.7. The fourth-order valence-electron chi connectivity index (χ4n) is 4.49. The smallest absolute Gasteiger partial charge is 0.251 e. The van der Waals surface area contributed by atoms with Crippen LogP contribution in [0.4, 0.5) is 0 Å². The van der Waals surface area contributed by atoms with Crippen LogP contribution >= 0.6 is 0 Å². The monoisotopic (exact) mass is 452 g/mol. The summed E-state index contributed by atoms with van der Waals surface area (Å²) in [6.45, 7) is 4.96. The van der Waals surface area contributed by atoms with Gasteiger partial charge in [0.2, 0.25) is 0 Å². The first kappa shape index (κ1) is 22.0. The lowest BCUT2D eigenvalue weighted by Crippen LogP contribution is -2.44. The van der Waals surface area contributed by atoms with Crippen molar-refractivity contribution in [1.82, 2.24) is 30.4 Å². The number of amides is 1. The third-order valence-corrected chi connectivity index (χ3v) is 6.32. The number of hydrogen-bond donors (Lipinski definition) is 1. The van der Waals surface area contributed by atoms with Crippen molar-refractivity contribution in [3.8, 4) is 16.8 Å². The Bertz CT molecular complexity index is 1250. The van der Waals surface area contributed by atoms with E-state index in [1.165, 1.54) is 11.1 Å². The van der Waals surface area contributed by atoms with Crippen molar-refractivity contribution in [3.05, 3.63) is 95.8 Å². The topological polar surface area (TPSA) is 75.9 Å². The molecule has 4 aromatic rings. The molecule has 7 nitrogen and oxygen atoms in total. The van der Waals surface area contributed by atoms with Gasteiger partial charge >= 0.3 is 0 Å². The summed E-state index contributed by atoms with van der Waals surface area (Å²) in [6, 6.07) is 24.7. The van der Waals surface area contributed by atoms with Gasteiger partial charge in [-0.3, -0.25) is 9.69 Å². The zero-order valence-corrected chi connectivity index (χ0v) is 19.3. The van der Waals surface area contributed by atoms with Crippen LogP contribution in [0.2, 0.25) is 0 Å². The predicted octanol–water partition coefficient (Wildman–Crippen LogP) is 4.03. The van der Waals surface area contributed by atoms with Crippen molar-refractivity contribution in [2.24, 2.45) is 0 Å². The molecule has 2 heterocycles. The number of aryl methyl sites for hydroxylation is 1. The standard InChI is InChI=1S/C27H28N6O/c1-20-6-5-9-22(14-20)23-15-24(17-26(16-23)33-19-28-30-31-33)27(34)29-25-10-12-32(13-11-25)18-21-7-3-2-4-8-21/h2-9,14-17,19,25H,10-13,18H2,1H3,(H,29,34). The minimum absolute atomic E-state index is 0.0645. The summed E-state index contributed by atoms with van der Waals surface area (Å²) in [5, 5.41) is 14.8. The third-order valence-electron chi connectivity index (χ3n) is 6.32. The number of tetrazole rings is 1. The van der Waals surface area contributed by atoms with Gasteiger partial charge in [0.25, 0.3) is 5.91 Å². The van der Waals surface area contributed by atoms with Gasteiger partial charge < -0.3 is 5.32 Å². The molecule has 0 unspecified atom stereocenters. The van der Waals surface area contributed by atoms with E-state index in [-0.39, 0.29) is 11.9 Å². The lowest BCUT2D eigenvalue weighted by Gasteiger charge is -2.32. The maximum atomic E-state index is 13.3. The Morgan fingerprint density at radius 3 is 2.53 bits per heavy atom. The summed E-state index contributed by atoms with van der Waals surface area (Å²) >= 11 is 0. The van der Waals surface area contributed by atoms with Gasteiger partial charge in [-0.25, -0.2) is 4.68 Å². The molecule has 1 aliphatic rings. The maximum Gasteiger partial charge on any atom is 0.251 e. The molecule has 3 aromatic carbocycles. The SMILES string of the molecule is Cc1cccc(-c2cc(C(=O)NC3CCN(Cc4ccccc4)CC3)cc(-n3cnnn3)c2)c1. The van der Waals surface area contributed by atoms with Gasteiger partial charge in [0, 0.05) is 31.2 Å². The zero-order valence-electron chi connectivity index (χ0n) is 19.3. The van der Waals surface area contributed by atoms with Crippen molar-refractivity contribution in [2.45, 2.75) is 32.4 Å². The highest BCUT2D eigenvalue weighted by Gasteiger charge is 2.22. The molecule has 0 radical (unpaired) electrons. The minimum Gasteiger partial charge on any atom is -0.349 e. The van der Waals surface area contributed by atoms with Crippen molar-refractivity contribution in [1.29, 1.82) is 0 Å². The highest BCUT2D eigenvalue weighted by atomic mass is 16.1. The molecule has 1 saturated heterocycles. The normalized spacial score (nSPS) is 14.7. The van der Waals surface area contributed by atoms with Crippen LogP contribution in [0, 0.1) is 6.92 Å². The average molecular weight is 453 g/mol. The number of piperidine rings is 1. The molecule has 0 aliphatic carbocycles. The molecule has 1 fully saturated rings. The Morgan fingerprint density at radius 2 is 1.79 bits per heavy atom. The second-order valence-electron chi connectivity index (χ2n) is 8.90. The van der Waals surface area contributed by atoms with E-state index >= 15 is 0 Å². The fourth-order valence-corrected chi connectivity index (χ4v) is 4.49. The molecule has 34 heavy (non-hydrogen) atoms. The number of nitrogens with zero attached hydrogens (tertiary/aromatic N) is 5. The van der Waals surface area contributed by atoms with Crippen LogP contribution in [0.15, 0.2) is 79.1 Å². The molecule has 1 amide bonds. The molecular weight excluding hydrogens is 424 g/mol. The number of hydrogen-bond acceptors (Lipinski definition) is 5. The average Bonchev–Trinajstić information content (AvgIpc) is 3.41. The summed E-state index contributed by atoms with van der Waals surface area (Å²) in [7, 11) is 0. The largest absolute Gasteiger partial charge is 0.349 e. The second kappa shape index (κ2) is 9.97. The first-order chi connectivity index (χ1) is 16.6. The van der Waals surface area contributed by atoms with Crippen LogP contribution in [0.3, 0.4) is 0 Å². The van der Waals surface area contributed by atoms with Crippen LogP contribution in [0.25, 0.3) is 16.8 Å². The Morgan fingerprint density at radius 1 is 0.971 bits per heavy atom. The van der Waals surface area contributed by atoms with Gasteiger partial charge in [0.05, 0.1) is 5.69 Å². The van der Waals surface area contributed by atoms with Gasteiger partial charge in [-0.05, 0) is 65.1 Å². The van der Waals surface area contributed by atoms with Crippen LogP contribution in [0.5, 0.6) is 0 Å². The molecular formula is C27H28N6O. The van der Waals surface area contributed by atoms with Gasteiger partial charge in [-0.2, -0.15) is 0 Å². The van der Waals surface area contributed by atoms with Crippen LogP contribution in [0.1, 0.15) is 34.3 Å². The number of aromatic nitrogens is 4. The van der Waals surface area contributed by atoms with E-state index in [1.807, 2.05) is 30.3 Å². The number of benzene rings is 3. The number of likely N-dealkylation sites (tertiary alicyclic amines) is 1. The molecule has 0 saturated carbocycles. The predicted molar refractivity (Wildman–Crippen MR) is 132 cm³/mol. The molecule has 1 aromatic heterocycles. The van der Waals surface area contributed by atoms with Crippen molar-refractivity contribution in [3.63, 3.8) is 0 Å². The number of nitrogens with one attached hydrogen (secondary N) is 1. The van der Waals surface area contributed by atoms with E-state index in [2.05, 4.69) is 75.1 Å². The fraction of sp³-hybridized carbons (Fsp3) is 0.259. The summed E-state index contributed by atoms with van der Waals surface area (Å²) in [5.74, 6) is -0.0645. The van der Waals surface area contributed by atoms with Crippen LogP contribution in [-0.4, -0.2) is 50.1 Å². The summed E-state index contributed by atoms with van der Waals surface area (Å²) in [5.41, 5.74) is 5.87. The third kappa shape index (κ3) is 5.21. The van der Waals surface area contributed by atoms with Crippen molar-refractivity contribution in [2.75, 3.05) is 13.1 Å². The number of carbonyl (C=O) groups is 1. The van der Waals surface area contributed by atoms with Gasteiger partial charge in [-0.1, -0.05) is 60.2 Å². The highest BCUT2D eigenvalue weighted by Crippen LogP contribution is 2.25. The summed E-state index contributed by atoms with van der Waals surface area (Å²) in [6.07, 6.45) is 3.42. The first-order valence-electron chi connectivity index (χ1n) is 11.7. The maximum absolute atomic E-state index is 13.3. The van der Waals surface area contributed by atoms with Crippen molar-refractivity contribution >= 4 is 5.91 Å². The minimum atomic E-state index is -0.0645. The van der Waals surface area contributed by atoms with Crippen LogP contribution < -0.4 is 5.32 Å². The Labute approximate surface area is 199 Å². The van der Waals surface area contributed by atoms with Crippen molar-refractivity contribution < 1.29 is 4.79 Å². The molecule has 1 aliphatic heterocycles. The zero-order chi connectivity index (χ0) is 23.3. The molecule has 7 heteroatoms. The molecule has 0 bridgehead atoms. The lowest BCUT2D eigenvalue weighted by molar-refractivity contribution is 0.0909. The lowest BCUT2D eigenvalue weighted by atomic mass is 9.99. The number of carbonyl (C=O) groups excluding carboxylic acids is 1. The number of rotatable bonds is 6. The Balaban J connectivity index is 1.30.